The fraction of sp³-hybridized carbons (Fsp3) is 0.391. The fourth-order valence-corrected chi connectivity index (χ4v) is 2.70. The molecule has 2 rings (SSSR count). The number of ether oxygens (including phenoxy) is 1. The Hall–Kier alpha value is -2.89. The van der Waals surface area contributed by atoms with E-state index >= 15 is 0 Å². The highest BCUT2D eigenvalue weighted by Crippen LogP contribution is 2.23. The molecule has 2 aromatic rings. The lowest BCUT2D eigenvalue weighted by atomic mass is 10.1. The van der Waals surface area contributed by atoms with E-state index < -0.39 is 30.2 Å². The molecule has 1 amide bonds. The molecule has 0 spiro atoms. The third-order valence-electron chi connectivity index (χ3n) is 4.25. The molecule has 2 aromatic carbocycles. The molecule has 156 valence electrons. The molecule has 0 saturated heterocycles. The summed E-state index contributed by atoms with van der Waals surface area (Å²) in [5, 5.41) is 8.69. The fourth-order valence-electron chi connectivity index (χ4n) is 2.70. The van der Waals surface area contributed by atoms with Gasteiger partial charge in [0, 0.05) is 30.1 Å². The summed E-state index contributed by atoms with van der Waals surface area (Å²) >= 11 is 0. The van der Waals surface area contributed by atoms with Crippen LogP contribution in [0.1, 0.15) is 58.2 Å². The van der Waals surface area contributed by atoms with Crippen LogP contribution in [-0.2, 0) is 11.3 Å². The Morgan fingerprint density at radius 2 is 1.79 bits per heavy atom. The average molecular weight is 403 g/mol. The summed E-state index contributed by atoms with van der Waals surface area (Å²) in [6, 6.07) is 11.2. The molecular formula is C23H28FNO4. The molecular weight excluding hydrogens is 373 g/mol. The minimum atomic E-state index is -2.18. The van der Waals surface area contributed by atoms with Gasteiger partial charge in [0.25, 0.3) is 5.91 Å². The maximum Gasteiger partial charge on any atom is 0.303 e. The molecule has 0 bridgehead atoms. The van der Waals surface area contributed by atoms with Gasteiger partial charge in [-0.25, -0.2) is 4.39 Å². The molecule has 29 heavy (non-hydrogen) atoms. The number of halogens is 1. The second-order valence-electron chi connectivity index (χ2n) is 6.94. The number of para-hydroxylation sites is 1. The number of carboxylic acids is 1. The molecule has 0 aliphatic heterocycles. The van der Waals surface area contributed by atoms with E-state index in [9.17, 15) is 14.0 Å². The predicted octanol–water partition coefficient (Wildman–Crippen LogP) is 4.90. The van der Waals surface area contributed by atoms with E-state index in [-0.39, 0.29) is 17.5 Å². The molecule has 0 unspecified atom stereocenters. The quantitative estimate of drug-likeness (QED) is 0.542. The van der Waals surface area contributed by atoms with Gasteiger partial charge in [0.1, 0.15) is 11.6 Å². The normalized spacial score (nSPS) is 12.3. The van der Waals surface area contributed by atoms with Gasteiger partial charge in [-0.15, -0.1) is 0 Å². The van der Waals surface area contributed by atoms with Crippen LogP contribution in [0.15, 0.2) is 48.5 Å². The number of unbranched alkanes of at least 4 members (excludes halogenated alkanes) is 2. The molecule has 6 heteroatoms. The first-order chi connectivity index (χ1) is 14.6. The van der Waals surface area contributed by atoms with Gasteiger partial charge in [-0.05, 0) is 63.4 Å². The second kappa shape index (κ2) is 11.2. The summed E-state index contributed by atoms with van der Waals surface area (Å²) in [6.07, 6.45) is 1.97. The van der Waals surface area contributed by atoms with Gasteiger partial charge in [0.2, 0.25) is 0 Å². The van der Waals surface area contributed by atoms with Gasteiger partial charge < -0.3 is 14.7 Å². The van der Waals surface area contributed by atoms with Gasteiger partial charge in [-0.3, -0.25) is 9.59 Å². The number of aliphatic carboxylic acids is 1. The van der Waals surface area contributed by atoms with E-state index in [2.05, 4.69) is 0 Å². The van der Waals surface area contributed by atoms with Crippen molar-refractivity contribution in [2.45, 2.75) is 52.1 Å². The topological polar surface area (TPSA) is 66.8 Å². The van der Waals surface area contributed by atoms with Crippen molar-refractivity contribution in [2.24, 2.45) is 0 Å². The van der Waals surface area contributed by atoms with E-state index in [1.54, 1.807) is 38.1 Å². The standard InChI is InChI=1S/C23H28FNO4/c1-17(2)25(23(28)18-11-13-20(24)14-12-18)16-19-8-5-6-9-21(19)29-15-7-3-4-10-22(26)27/h5-6,8-9,11-14,17H,3-4,7,10,15-16H2,1-2H3,(H,26,27)/i16D2. The average Bonchev–Trinajstić information content (AvgIpc) is 2.70. The van der Waals surface area contributed by atoms with Crippen LogP contribution in [0.5, 0.6) is 5.75 Å². The third kappa shape index (κ3) is 7.22. The molecule has 0 fully saturated rings. The number of carboxylic acid groups (broad SMARTS) is 1. The first-order valence-corrected chi connectivity index (χ1v) is 9.68. The van der Waals surface area contributed by atoms with Gasteiger partial charge >= 0.3 is 5.97 Å². The van der Waals surface area contributed by atoms with Gasteiger partial charge in [-0.1, -0.05) is 18.2 Å². The first-order valence-electron chi connectivity index (χ1n) is 10.7. The van der Waals surface area contributed by atoms with Crippen LogP contribution >= 0.6 is 0 Å². The number of benzene rings is 2. The highest BCUT2D eigenvalue weighted by atomic mass is 19.1. The minimum absolute atomic E-state index is 0.105. The number of carbonyl (C=O) groups excluding carboxylic acids is 1. The summed E-state index contributed by atoms with van der Waals surface area (Å²) in [6.45, 7) is 1.55. The zero-order valence-electron chi connectivity index (χ0n) is 18.7. The lowest BCUT2D eigenvalue weighted by molar-refractivity contribution is -0.137. The SMILES string of the molecule is [2H]C([2H])(c1ccccc1OCCCCCC(=O)O)N(C(=O)c1ccc(F)cc1)C(C)C. The lowest BCUT2D eigenvalue weighted by Crippen LogP contribution is -2.36. The van der Waals surface area contributed by atoms with Crippen LogP contribution in [0, 0.1) is 5.82 Å². The van der Waals surface area contributed by atoms with Gasteiger partial charge in [0.15, 0.2) is 0 Å². The largest absolute Gasteiger partial charge is 0.493 e. The maximum atomic E-state index is 13.3. The van der Waals surface area contributed by atoms with Crippen LogP contribution in [0.2, 0.25) is 0 Å². The van der Waals surface area contributed by atoms with Crippen LogP contribution in [0.25, 0.3) is 0 Å². The van der Waals surface area contributed by atoms with Crippen molar-refractivity contribution >= 4 is 11.9 Å². The molecule has 0 radical (unpaired) electrons. The predicted molar refractivity (Wildman–Crippen MR) is 109 cm³/mol. The van der Waals surface area contributed by atoms with Crippen LogP contribution in [-0.4, -0.2) is 34.5 Å². The van der Waals surface area contributed by atoms with Crippen LogP contribution in [0.3, 0.4) is 0 Å². The molecule has 5 nitrogen and oxygen atoms in total. The summed E-state index contributed by atoms with van der Waals surface area (Å²) in [7, 11) is 0. The van der Waals surface area contributed by atoms with E-state index in [0.29, 0.717) is 31.6 Å². The van der Waals surface area contributed by atoms with Crippen molar-refractivity contribution in [2.75, 3.05) is 6.61 Å². The molecule has 0 aliphatic carbocycles. The zero-order chi connectivity index (χ0) is 23.0. The Bertz CT molecular complexity index is 887. The minimum Gasteiger partial charge on any atom is -0.493 e. The number of carbonyl (C=O) groups is 2. The van der Waals surface area contributed by atoms with E-state index in [1.165, 1.54) is 24.3 Å². The summed E-state index contributed by atoms with van der Waals surface area (Å²) in [5.41, 5.74) is 0.403. The van der Waals surface area contributed by atoms with E-state index in [0.717, 1.165) is 4.90 Å². The summed E-state index contributed by atoms with van der Waals surface area (Å²) in [5.74, 6) is -1.54. The van der Waals surface area contributed by atoms with Crippen molar-refractivity contribution in [1.29, 1.82) is 0 Å². The molecule has 0 heterocycles. The number of rotatable bonds is 11. The number of amides is 1. The molecule has 0 saturated carbocycles. The van der Waals surface area contributed by atoms with Gasteiger partial charge in [0.05, 0.1) is 9.35 Å². The maximum absolute atomic E-state index is 13.3. The number of hydrogen-bond donors (Lipinski definition) is 1. The Balaban J connectivity index is 2.20. The molecule has 0 atom stereocenters. The van der Waals surface area contributed by atoms with Crippen molar-refractivity contribution in [3.05, 3.63) is 65.5 Å². The highest BCUT2D eigenvalue weighted by Gasteiger charge is 2.20. The van der Waals surface area contributed by atoms with E-state index in [1.807, 2.05) is 0 Å². The summed E-state index contributed by atoms with van der Waals surface area (Å²) < 4.78 is 36.6. The number of nitrogens with zero attached hydrogens (tertiary/aromatic N) is 1. The molecule has 0 aromatic heterocycles. The monoisotopic (exact) mass is 403 g/mol. The molecule has 0 aliphatic rings. The molecule has 1 N–H and O–H groups in total. The zero-order valence-corrected chi connectivity index (χ0v) is 16.7. The van der Waals surface area contributed by atoms with Crippen molar-refractivity contribution < 1.29 is 26.6 Å². The van der Waals surface area contributed by atoms with Gasteiger partial charge in [-0.2, -0.15) is 0 Å². The first kappa shape index (κ1) is 19.4. The number of hydrogen-bond acceptors (Lipinski definition) is 3. The van der Waals surface area contributed by atoms with Crippen LogP contribution in [0.4, 0.5) is 4.39 Å². The Kier molecular flexibility index (Phi) is 7.50. The Morgan fingerprint density at radius 1 is 1.10 bits per heavy atom. The van der Waals surface area contributed by atoms with Crippen molar-refractivity contribution in [3.8, 4) is 5.75 Å². The van der Waals surface area contributed by atoms with Crippen molar-refractivity contribution in [3.63, 3.8) is 0 Å². The smallest absolute Gasteiger partial charge is 0.303 e. The Morgan fingerprint density at radius 3 is 2.45 bits per heavy atom. The van der Waals surface area contributed by atoms with Crippen molar-refractivity contribution in [1.82, 2.24) is 4.90 Å². The van der Waals surface area contributed by atoms with E-state index in [4.69, 9.17) is 12.6 Å². The van der Waals surface area contributed by atoms with Crippen LogP contribution < -0.4 is 4.74 Å². The summed E-state index contributed by atoms with van der Waals surface area (Å²) in [4.78, 5) is 24.8. The highest BCUT2D eigenvalue weighted by molar-refractivity contribution is 5.94. The lowest BCUT2D eigenvalue weighted by Gasteiger charge is -2.28. The second-order valence-corrected chi connectivity index (χ2v) is 6.94. The third-order valence-corrected chi connectivity index (χ3v) is 4.25. The Labute approximate surface area is 173 Å².